The Labute approximate surface area is 234 Å². The first-order valence-electron chi connectivity index (χ1n) is 14.2. The van der Waals surface area contributed by atoms with Crippen LogP contribution < -0.4 is 0 Å². The molecule has 198 valence electrons. The number of benzene rings is 4. The zero-order valence-corrected chi connectivity index (χ0v) is 22.5. The summed E-state index contributed by atoms with van der Waals surface area (Å²) >= 11 is 0. The standard InChI is InChI=1S/C36H30O4/c1-39-35(37)33-25(19-11-5-3-6-12-19)29-21-15-10-18-24-28(21)27-22(16-9-17-23(27)31(29)33)30-26(20-13-7-4-8-14-20)34(32(24)30)36(38)40-2/h3-18,25-26,29-34H,1-2H3/t25-,26+,29+,30-,31+,32-,33+,34-. The van der Waals surface area contributed by atoms with Crippen molar-refractivity contribution in [2.75, 3.05) is 14.2 Å². The van der Waals surface area contributed by atoms with Gasteiger partial charge in [0.2, 0.25) is 0 Å². The minimum Gasteiger partial charge on any atom is -0.469 e. The molecule has 0 unspecified atom stereocenters. The van der Waals surface area contributed by atoms with Gasteiger partial charge in [0.1, 0.15) is 0 Å². The summed E-state index contributed by atoms with van der Waals surface area (Å²) in [6.45, 7) is 0. The smallest absolute Gasteiger partial charge is 0.309 e. The topological polar surface area (TPSA) is 52.6 Å². The third-order valence-electron chi connectivity index (χ3n) is 10.4. The molecule has 0 amide bonds. The lowest BCUT2D eigenvalue weighted by Crippen LogP contribution is -2.51. The van der Waals surface area contributed by atoms with Crippen molar-refractivity contribution in [3.63, 3.8) is 0 Å². The SMILES string of the molecule is COC(=O)[C@@H]1[C@H]2c3cccc4c3-c3c(cccc3[C@H]3[C@H](C(=O)OC)[C@@H](c5ccccc5)[C@@H]43)[C@H]2[C@H]1c1ccccc1. The third kappa shape index (κ3) is 2.91. The average Bonchev–Trinajstić information content (AvgIpc) is 2.97. The molecule has 0 spiro atoms. The van der Waals surface area contributed by atoms with Crippen molar-refractivity contribution >= 4 is 11.9 Å². The van der Waals surface area contributed by atoms with E-state index in [2.05, 4.69) is 84.9 Å². The third-order valence-corrected chi connectivity index (χ3v) is 10.4. The van der Waals surface area contributed by atoms with E-state index in [1.807, 2.05) is 12.1 Å². The van der Waals surface area contributed by atoms with Gasteiger partial charge in [-0.15, -0.1) is 0 Å². The maximum Gasteiger partial charge on any atom is 0.309 e. The largest absolute Gasteiger partial charge is 0.469 e. The first kappa shape index (κ1) is 23.7. The van der Waals surface area contributed by atoms with E-state index in [0.717, 1.165) is 0 Å². The molecule has 4 aromatic rings. The Bertz CT molecular complexity index is 1530. The van der Waals surface area contributed by atoms with Crippen molar-refractivity contribution in [2.45, 2.75) is 35.5 Å². The highest BCUT2D eigenvalue weighted by Crippen LogP contribution is 2.73. The van der Waals surface area contributed by atoms with Gasteiger partial charge < -0.3 is 9.47 Å². The van der Waals surface area contributed by atoms with Crippen LogP contribution in [0.2, 0.25) is 0 Å². The van der Waals surface area contributed by atoms with Gasteiger partial charge in [0, 0.05) is 23.7 Å². The summed E-state index contributed by atoms with van der Waals surface area (Å²) < 4.78 is 10.8. The molecule has 4 heteroatoms. The number of methoxy groups -OCH3 is 2. The number of hydrogen-bond donors (Lipinski definition) is 0. The zero-order valence-electron chi connectivity index (χ0n) is 22.5. The van der Waals surface area contributed by atoms with Crippen LogP contribution in [0.25, 0.3) is 11.1 Å². The van der Waals surface area contributed by atoms with Gasteiger partial charge in [-0.25, -0.2) is 0 Å². The molecule has 8 atom stereocenters. The Balaban J connectivity index is 1.36. The van der Waals surface area contributed by atoms with Crippen molar-refractivity contribution < 1.29 is 19.1 Å². The van der Waals surface area contributed by atoms with Crippen LogP contribution in [-0.4, -0.2) is 26.2 Å². The van der Waals surface area contributed by atoms with Crippen LogP contribution in [0.5, 0.6) is 0 Å². The Morgan fingerprint density at radius 2 is 0.800 bits per heavy atom. The van der Waals surface area contributed by atoms with Gasteiger partial charge in [0.05, 0.1) is 26.1 Å². The summed E-state index contributed by atoms with van der Waals surface area (Å²) in [6, 6.07) is 34.0. The van der Waals surface area contributed by atoms with Crippen LogP contribution >= 0.6 is 0 Å². The molecule has 2 saturated carbocycles. The summed E-state index contributed by atoms with van der Waals surface area (Å²) in [7, 11) is 3.01. The minimum absolute atomic E-state index is 0.0366. The van der Waals surface area contributed by atoms with Crippen LogP contribution in [0.4, 0.5) is 0 Å². The second-order valence-electron chi connectivity index (χ2n) is 11.7. The van der Waals surface area contributed by atoms with E-state index < -0.39 is 0 Å². The molecule has 8 rings (SSSR count). The second kappa shape index (κ2) is 8.66. The number of fused-ring (bicyclic) bond motifs is 6. The van der Waals surface area contributed by atoms with Crippen LogP contribution in [0, 0.1) is 11.8 Å². The predicted octanol–water partition coefficient (Wildman–Crippen LogP) is 6.89. The molecule has 0 aliphatic heterocycles. The van der Waals surface area contributed by atoms with Gasteiger partial charge in [-0.1, -0.05) is 97.1 Å². The normalized spacial score (nSPS) is 29.9. The van der Waals surface area contributed by atoms with Crippen molar-refractivity contribution in [2.24, 2.45) is 11.8 Å². The van der Waals surface area contributed by atoms with Crippen molar-refractivity contribution in [1.29, 1.82) is 0 Å². The first-order valence-corrected chi connectivity index (χ1v) is 14.2. The second-order valence-corrected chi connectivity index (χ2v) is 11.7. The number of ether oxygens (including phenoxy) is 2. The van der Waals surface area contributed by atoms with Crippen LogP contribution in [0.3, 0.4) is 0 Å². The molecule has 0 bridgehead atoms. The van der Waals surface area contributed by atoms with Crippen molar-refractivity contribution in [3.8, 4) is 11.1 Å². The monoisotopic (exact) mass is 526 g/mol. The lowest BCUT2D eigenvalue weighted by Gasteiger charge is -2.59. The molecule has 2 fully saturated rings. The number of carbonyl (C=O) groups is 2. The van der Waals surface area contributed by atoms with Crippen LogP contribution in [-0.2, 0) is 19.1 Å². The van der Waals surface area contributed by atoms with Crippen LogP contribution in [0.1, 0.15) is 68.9 Å². The number of carbonyl (C=O) groups excluding carboxylic acids is 2. The molecule has 4 aliphatic rings. The predicted molar refractivity (Wildman–Crippen MR) is 152 cm³/mol. The van der Waals surface area contributed by atoms with E-state index >= 15 is 0 Å². The Morgan fingerprint density at radius 1 is 0.450 bits per heavy atom. The molecule has 0 radical (unpaired) electrons. The summed E-state index contributed by atoms with van der Waals surface area (Å²) in [5.41, 5.74) is 9.98. The fourth-order valence-electron chi connectivity index (χ4n) is 8.95. The number of hydrogen-bond acceptors (Lipinski definition) is 4. The molecule has 0 N–H and O–H groups in total. The summed E-state index contributed by atoms with van der Waals surface area (Å²) in [6.07, 6.45) is 0. The lowest BCUT2D eigenvalue weighted by molar-refractivity contribution is -0.153. The van der Waals surface area contributed by atoms with Crippen LogP contribution in [0.15, 0.2) is 97.1 Å². The van der Waals surface area contributed by atoms with E-state index in [1.165, 1.54) is 58.7 Å². The molecular weight excluding hydrogens is 496 g/mol. The molecule has 4 aliphatic carbocycles. The van der Waals surface area contributed by atoms with Gasteiger partial charge in [-0.2, -0.15) is 0 Å². The van der Waals surface area contributed by atoms with Gasteiger partial charge >= 0.3 is 11.9 Å². The Kier molecular flexibility index (Phi) is 5.13. The van der Waals surface area contributed by atoms with Gasteiger partial charge in [0.15, 0.2) is 0 Å². The molecule has 40 heavy (non-hydrogen) atoms. The maximum absolute atomic E-state index is 13.4. The molecule has 4 nitrogen and oxygen atoms in total. The van der Waals surface area contributed by atoms with Crippen molar-refractivity contribution in [3.05, 3.63) is 130 Å². The summed E-state index contributed by atoms with van der Waals surface area (Å²) in [5.74, 6) is -0.249. The molecular formula is C36H30O4. The minimum atomic E-state index is -0.243. The van der Waals surface area contributed by atoms with E-state index in [4.69, 9.17) is 9.47 Å². The van der Waals surface area contributed by atoms with Gasteiger partial charge in [0.25, 0.3) is 0 Å². The van der Waals surface area contributed by atoms with Crippen molar-refractivity contribution in [1.82, 2.24) is 0 Å². The average molecular weight is 527 g/mol. The van der Waals surface area contributed by atoms with E-state index in [9.17, 15) is 9.59 Å². The van der Waals surface area contributed by atoms with E-state index in [1.54, 1.807) is 0 Å². The number of rotatable bonds is 4. The fourth-order valence-corrected chi connectivity index (χ4v) is 8.95. The Hall–Kier alpha value is -4.18. The summed E-state index contributed by atoms with van der Waals surface area (Å²) in [5, 5.41) is 0. The molecule has 4 aromatic carbocycles. The molecule has 0 saturated heterocycles. The lowest BCUT2D eigenvalue weighted by atomic mass is 9.42. The highest BCUT2D eigenvalue weighted by molar-refractivity contribution is 5.91. The quantitative estimate of drug-likeness (QED) is 0.272. The first-order chi connectivity index (χ1) is 19.7. The highest BCUT2D eigenvalue weighted by Gasteiger charge is 2.63. The highest BCUT2D eigenvalue weighted by atomic mass is 16.5. The van der Waals surface area contributed by atoms with E-state index in [0.29, 0.717) is 0 Å². The van der Waals surface area contributed by atoms with E-state index in [-0.39, 0.29) is 59.3 Å². The summed E-state index contributed by atoms with van der Waals surface area (Å²) in [4.78, 5) is 26.7. The zero-order chi connectivity index (χ0) is 27.1. The molecule has 0 aromatic heterocycles. The molecule has 0 heterocycles. The van der Waals surface area contributed by atoms with Gasteiger partial charge in [-0.05, 0) is 56.3 Å². The Morgan fingerprint density at radius 3 is 1.15 bits per heavy atom. The number of esters is 2. The van der Waals surface area contributed by atoms with Gasteiger partial charge in [-0.3, -0.25) is 9.59 Å². The maximum atomic E-state index is 13.4. The fraction of sp³-hybridized carbons (Fsp3) is 0.278.